The zero-order chi connectivity index (χ0) is 18.0. The Kier molecular flexibility index (Phi) is 5.58. The quantitative estimate of drug-likeness (QED) is 0.710. The molecule has 2 aliphatic heterocycles. The average Bonchev–Trinajstić information content (AvgIpc) is 2.96. The standard InChI is InChI=1S/C17H22ClN3O4/c18-11-3-1-10(2-4-11)15-8-21-7-12(5-13(21)9-25-15)20-17(24)14(19)6-16(22)23/h1-4,12-15H,5-9,19H2,(H,20,24)(H,22,23)/t12-,13+,14+,15-/m1/s1. The van der Waals surface area contributed by atoms with Gasteiger partial charge in [0.05, 0.1) is 25.2 Å². The summed E-state index contributed by atoms with van der Waals surface area (Å²) in [5, 5.41) is 12.3. The van der Waals surface area contributed by atoms with E-state index in [1.54, 1.807) is 0 Å². The van der Waals surface area contributed by atoms with Gasteiger partial charge in [-0.2, -0.15) is 0 Å². The molecule has 4 N–H and O–H groups in total. The van der Waals surface area contributed by atoms with Crippen molar-refractivity contribution in [3.63, 3.8) is 0 Å². The number of ether oxygens (including phenoxy) is 1. The highest BCUT2D eigenvalue weighted by Gasteiger charge is 2.38. The van der Waals surface area contributed by atoms with Gasteiger partial charge in [-0.05, 0) is 24.1 Å². The van der Waals surface area contributed by atoms with E-state index in [1.165, 1.54) is 0 Å². The number of hydrogen-bond donors (Lipinski definition) is 3. The summed E-state index contributed by atoms with van der Waals surface area (Å²) >= 11 is 5.93. The van der Waals surface area contributed by atoms with Crippen molar-refractivity contribution < 1.29 is 19.4 Å². The van der Waals surface area contributed by atoms with Crippen LogP contribution in [-0.2, 0) is 14.3 Å². The topological polar surface area (TPSA) is 105 Å². The summed E-state index contributed by atoms with van der Waals surface area (Å²) < 4.78 is 5.97. The minimum Gasteiger partial charge on any atom is -0.481 e. The van der Waals surface area contributed by atoms with Gasteiger partial charge in [0.1, 0.15) is 0 Å². The van der Waals surface area contributed by atoms with Crippen molar-refractivity contribution in [1.29, 1.82) is 0 Å². The number of nitrogens with zero attached hydrogens (tertiary/aromatic N) is 1. The van der Waals surface area contributed by atoms with E-state index in [1.807, 2.05) is 24.3 Å². The summed E-state index contributed by atoms with van der Waals surface area (Å²) in [7, 11) is 0. The first-order chi connectivity index (χ1) is 11.9. The Hall–Kier alpha value is -1.67. The summed E-state index contributed by atoms with van der Waals surface area (Å²) in [4.78, 5) is 25.0. The Morgan fingerprint density at radius 1 is 1.36 bits per heavy atom. The van der Waals surface area contributed by atoms with E-state index in [-0.39, 0.29) is 24.6 Å². The molecule has 0 spiro atoms. The normalized spacial score (nSPS) is 27.5. The molecule has 2 fully saturated rings. The van der Waals surface area contributed by atoms with Gasteiger partial charge in [-0.25, -0.2) is 0 Å². The van der Waals surface area contributed by atoms with Crippen LogP contribution in [0.5, 0.6) is 0 Å². The number of amides is 1. The summed E-state index contributed by atoms with van der Waals surface area (Å²) in [6, 6.07) is 6.83. The highest BCUT2D eigenvalue weighted by molar-refractivity contribution is 6.30. The van der Waals surface area contributed by atoms with Crippen molar-refractivity contribution in [2.75, 3.05) is 19.7 Å². The zero-order valence-electron chi connectivity index (χ0n) is 13.7. The van der Waals surface area contributed by atoms with Gasteiger partial charge in [0.25, 0.3) is 0 Å². The van der Waals surface area contributed by atoms with Gasteiger partial charge in [0.2, 0.25) is 5.91 Å². The molecule has 7 nitrogen and oxygen atoms in total. The predicted octanol–water partition coefficient (Wildman–Crippen LogP) is 0.772. The smallest absolute Gasteiger partial charge is 0.305 e. The van der Waals surface area contributed by atoms with Crippen molar-refractivity contribution >= 4 is 23.5 Å². The van der Waals surface area contributed by atoms with Gasteiger partial charge in [0, 0.05) is 30.2 Å². The number of nitrogens with two attached hydrogens (primary N) is 1. The second kappa shape index (κ2) is 7.70. The van der Waals surface area contributed by atoms with Gasteiger partial charge in [-0.15, -0.1) is 0 Å². The molecule has 0 saturated carbocycles. The number of benzene rings is 1. The number of nitrogens with one attached hydrogen (secondary N) is 1. The second-order valence-corrected chi connectivity index (χ2v) is 7.06. The van der Waals surface area contributed by atoms with Crippen molar-refractivity contribution in [3.05, 3.63) is 34.9 Å². The number of carbonyl (C=O) groups excluding carboxylic acids is 1. The number of carboxylic acids is 1. The van der Waals surface area contributed by atoms with E-state index < -0.39 is 17.9 Å². The number of fused-ring (bicyclic) bond motifs is 1. The predicted molar refractivity (Wildman–Crippen MR) is 92.3 cm³/mol. The molecule has 2 heterocycles. The molecule has 0 bridgehead atoms. The molecule has 0 aliphatic carbocycles. The third-order valence-electron chi connectivity index (χ3n) is 4.74. The minimum absolute atomic E-state index is 0.0164. The lowest BCUT2D eigenvalue weighted by molar-refractivity contribution is -0.139. The third kappa shape index (κ3) is 4.49. The van der Waals surface area contributed by atoms with Crippen LogP contribution in [-0.4, -0.2) is 59.7 Å². The van der Waals surface area contributed by atoms with Crippen molar-refractivity contribution in [2.45, 2.75) is 37.1 Å². The fourth-order valence-corrected chi connectivity index (χ4v) is 3.57. The van der Waals surface area contributed by atoms with Gasteiger partial charge >= 0.3 is 5.97 Å². The number of halogens is 1. The first-order valence-corrected chi connectivity index (χ1v) is 8.69. The lowest BCUT2D eigenvalue weighted by Crippen LogP contribution is -2.47. The fourth-order valence-electron chi connectivity index (χ4n) is 3.45. The number of morpholine rings is 1. The highest BCUT2D eigenvalue weighted by Crippen LogP contribution is 2.30. The summed E-state index contributed by atoms with van der Waals surface area (Å²) in [5.41, 5.74) is 6.69. The molecular formula is C17H22ClN3O4. The SMILES string of the molecule is N[C@@H](CC(=O)O)C(=O)N[C@@H]1C[C@H]2CO[C@@H](c3ccc(Cl)cc3)CN2C1. The molecule has 8 heteroatoms. The van der Waals surface area contributed by atoms with Crippen LogP contribution in [0.1, 0.15) is 24.5 Å². The molecule has 1 amide bonds. The molecular weight excluding hydrogens is 346 g/mol. The van der Waals surface area contributed by atoms with E-state index in [2.05, 4.69) is 10.2 Å². The Bertz CT molecular complexity index is 639. The Morgan fingerprint density at radius 2 is 2.08 bits per heavy atom. The molecule has 0 unspecified atom stereocenters. The number of carboxylic acid groups (broad SMARTS) is 1. The van der Waals surface area contributed by atoms with Crippen LogP contribution in [0.15, 0.2) is 24.3 Å². The van der Waals surface area contributed by atoms with Crippen LogP contribution in [0.3, 0.4) is 0 Å². The molecule has 1 aromatic carbocycles. The summed E-state index contributed by atoms with van der Waals surface area (Å²) in [5.74, 6) is -1.49. The maximum Gasteiger partial charge on any atom is 0.305 e. The minimum atomic E-state index is -1.08. The van der Waals surface area contributed by atoms with Crippen LogP contribution in [0.4, 0.5) is 0 Å². The summed E-state index contributed by atoms with van der Waals surface area (Å²) in [6.45, 7) is 2.06. The van der Waals surface area contributed by atoms with Crippen LogP contribution < -0.4 is 11.1 Å². The molecule has 0 radical (unpaired) electrons. The van der Waals surface area contributed by atoms with Gasteiger partial charge < -0.3 is 20.9 Å². The molecule has 0 aromatic heterocycles. The van der Waals surface area contributed by atoms with E-state index in [9.17, 15) is 9.59 Å². The van der Waals surface area contributed by atoms with Crippen LogP contribution in [0.2, 0.25) is 5.02 Å². The van der Waals surface area contributed by atoms with E-state index in [0.717, 1.165) is 18.5 Å². The lowest BCUT2D eigenvalue weighted by Gasteiger charge is -2.35. The van der Waals surface area contributed by atoms with Crippen molar-refractivity contribution in [1.82, 2.24) is 10.2 Å². The maximum atomic E-state index is 12.0. The molecule has 1 aromatic rings. The first kappa shape index (κ1) is 18.1. The van der Waals surface area contributed by atoms with Crippen molar-refractivity contribution in [2.24, 2.45) is 5.73 Å². The zero-order valence-corrected chi connectivity index (χ0v) is 14.5. The van der Waals surface area contributed by atoms with Crippen LogP contribution in [0, 0.1) is 0 Å². The molecule has 2 saturated heterocycles. The Labute approximate surface area is 151 Å². The summed E-state index contributed by atoms with van der Waals surface area (Å²) in [6.07, 6.45) is 0.393. The fraction of sp³-hybridized carbons (Fsp3) is 0.529. The second-order valence-electron chi connectivity index (χ2n) is 6.63. The number of aliphatic carboxylic acids is 1. The maximum absolute atomic E-state index is 12.0. The number of carbonyl (C=O) groups is 2. The Morgan fingerprint density at radius 3 is 2.76 bits per heavy atom. The third-order valence-corrected chi connectivity index (χ3v) is 4.99. The number of hydrogen-bond acceptors (Lipinski definition) is 5. The van der Waals surface area contributed by atoms with Gasteiger partial charge in [-0.3, -0.25) is 14.5 Å². The molecule has 4 atom stereocenters. The lowest BCUT2D eigenvalue weighted by atomic mass is 10.1. The largest absolute Gasteiger partial charge is 0.481 e. The molecule has 3 rings (SSSR count). The van der Waals surface area contributed by atoms with Crippen LogP contribution >= 0.6 is 11.6 Å². The molecule has 25 heavy (non-hydrogen) atoms. The van der Waals surface area contributed by atoms with Gasteiger partial charge in [-0.1, -0.05) is 23.7 Å². The van der Waals surface area contributed by atoms with Crippen LogP contribution in [0.25, 0.3) is 0 Å². The number of rotatable bonds is 5. The average molecular weight is 368 g/mol. The molecule has 136 valence electrons. The van der Waals surface area contributed by atoms with Gasteiger partial charge in [0.15, 0.2) is 0 Å². The molecule has 2 aliphatic rings. The van der Waals surface area contributed by atoms with E-state index in [0.29, 0.717) is 18.2 Å². The van der Waals surface area contributed by atoms with E-state index >= 15 is 0 Å². The Balaban J connectivity index is 1.54. The highest BCUT2D eigenvalue weighted by atomic mass is 35.5. The first-order valence-electron chi connectivity index (χ1n) is 8.31. The monoisotopic (exact) mass is 367 g/mol. The van der Waals surface area contributed by atoms with E-state index in [4.69, 9.17) is 27.2 Å². The van der Waals surface area contributed by atoms with Crippen molar-refractivity contribution in [3.8, 4) is 0 Å².